The highest BCUT2D eigenvalue weighted by Crippen LogP contribution is 2.46. The Morgan fingerprint density at radius 2 is 1.81 bits per heavy atom. The molecule has 4 nitrogen and oxygen atoms in total. The molecule has 1 aliphatic carbocycles. The van der Waals surface area contributed by atoms with Crippen molar-refractivity contribution in [3.8, 4) is 0 Å². The summed E-state index contributed by atoms with van der Waals surface area (Å²) in [7, 11) is 0. The molecule has 3 aliphatic rings. The predicted molar refractivity (Wildman–Crippen MR) is 101 cm³/mol. The number of hydrogen-bond acceptors (Lipinski definition) is 4. The van der Waals surface area contributed by atoms with E-state index in [4.69, 9.17) is 9.47 Å². The largest absolute Gasteiger partial charge is 0.394 e. The molecule has 27 heavy (non-hydrogen) atoms. The minimum Gasteiger partial charge on any atom is -0.394 e. The van der Waals surface area contributed by atoms with Gasteiger partial charge in [-0.2, -0.15) is 0 Å². The van der Waals surface area contributed by atoms with Gasteiger partial charge in [0.25, 0.3) is 0 Å². The van der Waals surface area contributed by atoms with Gasteiger partial charge in [0.2, 0.25) is 0 Å². The van der Waals surface area contributed by atoms with E-state index in [0.717, 1.165) is 23.5 Å². The maximum absolute atomic E-state index is 10.3. The summed E-state index contributed by atoms with van der Waals surface area (Å²) in [6.45, 7) is 0.376. The average Bonchev–Trinajstić information content (AvgIpc) is 3.47. The minimum atomic E-state index is -0.924. The van der Waals surface area contributed by atoms with Crippen molar-refractivity contribution in [1.29, 1.82) is 0 Å². The molecule has 5 rings (SSSR count). The number of aliphatic hydroxyl groups is 2. The molecule has 142 valence electrons. The highest BCUT2D eigenvalue weighted by Gasteiger charge is 2.48. The fourth-order valence-corrected chi connectivity index (χ4v) is 4.49. The van der Waals surface area contributed by atoms with Crippen LogP contribution in [0.15, 0.2) is 42.5 Å². The highest BCUT2D eigenvalue weighted by molar-refractivity contribution is 5.40. The minimum absolute atomic E-state index is 0.107. The quantitative estimate of drug-likeness (QED) is 0.871. The third-order valence-corrected chi connectivity index (χ3v) is 6.08. The van der Waals surface area contributed by atoms with E-state index in [1.807, 2.05) is 0 Å². The predicted octanol–water partition coefficient (Wildman–Crippen LogP) is 3.37. The van der Waals surface area contributed by atoms with E-state index in [-0.39, 0.29) is 6.61 Å². The van der Waals surface area contributed by atoms with E-state index in [2.05, 4.69) is 42.5 Å². The van der Waals surface area contributed by atoms with Crippen molar-refractivity contribution >= 4 is 0 Å². The van der Waals surface area contributed by atoms with Crippen LogP contribution >= 0.6 is 0 Å². The molecule has 2 aliphatic heterocycles. The van der Waals surface area contributed by atoms with E-state index in [1.54, 1.807) is 0 Å². The molecule has 0 radical (unpaired) electrons. The average molecular weight is 366 g/mol. The van der Waals surface area contributed by atoms with Crippen molar-refractivity contribution in [2.45, 2.75) is 62.6 Å². The van der Waals surface area contributed by atoms with Crippen LogP contribution in [-0.2, 0) is 28.3 Å². The number of ether oxygens (including phenoxy) is 2. The maximum atomic E-state index is 10.3. The molecule has 2 fully saturated rings. The van der Waals surface area contributed by atoms with Gasteiger partial charge in [0, 0.05) is 18.4 Å². The summed E-state index contributed by atoms with van der Waals surface area (Å²) < 4.78 is 12.1. The van der Waals surface area contributed by atoms with E-state index in [1.165, 1.54) is 29.5 Å². The number of aliphatic hydroxyl groups excluding tert-OH is 2. The molecule has 0 aromatic heterocycles. The van der Waals surface area contributed by atoms with Crippen LogP contribution in [0.3, 0.4) is 0 Å². The number of hydrogen-bond donors (Lipinski definition) is 2. The van der Waals surface area contributed by atoms with E-state index in [9.17, 15) is 10.2 Å². The van der Waals surface area contributed by atoms with Gasteiger partial charge in [-0.3, -0.25) is 0 Å². The van der Waals surface area contributed by atoms with Crippen molar-refractivity contribution in [2.75, 3.05) is 6.61 Å². The lowest BCUT2D eigenvalue weighted by molar-refractivity contribution is -0.302. The van der Waals surface area contributed by atoms with Crippen LogP contribution in [0.25, 0.3) is 0 Å². The van der Waals surface area contributed by atoms with E-state index in [0.29, 0.717) is 19.4 Å². The Bertz CT molecular complexity index is 827. The summed E-state index contributed by atoms with van der Waals surface area (Å²) >= 11 is 0. The first-order valence-corrected chi connectivity index (χ1v) is 9.97. The summed E-state index contributed by atoms with van der Waals surface area (Å²) in [6, 6.07) is 15.4. The highest BCUT2D eigenvalue weighted by atomic mass is 16.7. The molecule has 2 unspecified atom stereocenters. The second kappa shape index (κ2) is 6.71. The first-order valence-electron chi connectivity index (χ1n) is 9.97. The number of rotatable bonds is 4. The second-order valence-corrected chi connectivity index (χ2v) is 8.24. The summed E-state index contributed by atoms with van der Waals surface area (Å²) in [6.07, 6.45) is 3.46. The fourth-order valence-electron chi connectivity index (χ4n) is 4.49. The van der Waals surface area contributed by atoms with Crippen LogP contribution in [0.2, 0.25) is 0 Å². The van der Waals surface area contributed by atoms with Crippen molar-refractivity contribution in [3.05, 3.63) is 70.3 Å². The van der Waals surface area contributed by atoms with Gasteiger partial charge < -0.3 is 19.7 Å². The molecule has 4 heteroatoms. The molecule has 0 bridgehead atoms. The molecule has 1 spiro atoms. The van der Waals surface area contributed by atoms with E-state index >= 15 is 0 Å². The summed E-state index contributed by atoms with van der Waals surface area (Å²) in [5.74, 6) is -0.142. The van der Waals surface area contributed by atoms with Crippen LogP contribution in [0.1, 0.15) is 59.4 Å². The van der Waals surface area contributed by atoms with Gasteiger partial charge in [-0.25, -0.2) is 0 Å². The first kappa shape index (κ1) is 17.4. The molecule has 2 aromatic carbocycles. The zero-order valence-corrected chi connectivity index (χ0v) is 15.4. The summed E-state index contributed by atoms with van der Waals surface area (Å²) in [5.41, 5.74) is 6.08. The van der Waals surface area contributed by atoms with Crippen LogP contribution in [0, 0.1) is 0 Å². The SMILES string of the molecule is OCC1CC(O)C[C@@]2(OCc3ccc(Cc4ccc(C5CC5)cc4)cc32)O1. The molecule has 1 saturated carbocycles. The molecule has 1 saturated heterocycles. The molecule has 2 N–H and O–H groups in total. The lowest BCUT2D eigenvalue weighted by atomic mass is 9.90. The Morgan fingerprint density at radius 3 is 2.56 bits per heavy atom. The Morgan fingerprint density at radius 1 is 1.04 bits per heavy atom. The Balaban J connectivity index is 1.40. The molecule has 0 amide bonds. The zero-order chi connectivity index (χ0) is 18.4. The van der Waals surface area contributed by atoms with Gasteiger partial charge in [-0.1, -0.05) is 36.4 Å². The Kier molecular flexibility index (Phi) is 4.32. The van der Waals surface area contributed by atoms with Gasteiger partial charge in [-0.05, 0) is 53.5 Å². The van der Waals surface area contributed by atoms with Gasteiger partial charge in [0.15, 0.2) is 5.79 Å². The van der Waals surface area contributed by atoms with Crippen LogP contribution in [0.4, 0.5) is 0 Å². The molecule has 2 heterocycles. The van der Waals surface area contributed by atoms with E-state index < -0.39 is 18.0 Å². The van der Waals surface area contributed by atoms with Crippen molar-refractivity contribution in [2.24, 2.45) is 0 Å². The fraction of sp³-hybridized carbons (Fsp3) is 0.478. The standard InChI is InChI=1S/C23H26O4/c24-13-21-11-20(25)12-23(27-21)22-10-16(3-6-19(22)14-26-23)9-15-1-4-17(5-2-15)18-7-8-18/h1-6,10,18,20-21,24-25H,7-9,11-14H2/t20?,21?,23-/m1/s1. The third kappa shape index (κ3) is 3.32. The van der Waals surface area contributed by atoms with Gasteiger partial charge in [0.05, 0.1) is 25.4 Å². The van der Waals surface area contributed by atoms with Crippen LogP contribution in [0.5, 0.6) is 0 Å². The zero-order valence-electron chi connectivity index (χ0n) is 15.4. The smallest absolute Gasteiger partial charge is 0.198 e. The van der Waals surface area contributed by atoms with Crippen molar-refractivity contribution in [3.63, 3.8) is 0 Å². The Hall–Kier alpha value is -1.72. The lowest BCUT2D eigenvalue weighted by Crippen LogP contribution is -2.45. The first-order chi connectivity index (χ1) is 13.1. The summed E-state index contributed by atoms with van der Waals surface area (Å²) in [4.78, 5) is 0. The number of fused-ring (bicyclic) bond motifs is 2. The molecule has 2 aromatic rings. The molecular weight excluding hydrogens is 340 g/mol. The van der Waals surface area contributed by atoms with Crippen molar-refractivity contribution in [1.82, 2.24) is 0 Å². The summed E-state index contributed by atoms with van der Waals surface area (Å²) in [5, 5.41) is 19.8. The second-order valence-electron chi connectivity index (χ2n) is 8.24. The lowest BCUT2D eigenvalue weighted by Gasteiger charge is -2.40. The number of benzene rings is 2. The van der Waals surface area contributed by atoms with Crippen LogP contribution in [-0.4, -0.2) is 29.0 Å². The molecular formula is C23H26O4. The van der Waals surface area contributed by atoms with Gasteiger partial charge >= 0.3 is 0 Å². The maximum Gasteiger partial charge on any atom is 0.198 e. The topological polar surface area (TPSA) is 58.9 Å². The van der Waals surface area contributed by atoms with Crippen LogP contribution < -0.4 is 0 Å². The van der Waals surface area contributed by atoms with Crippen molar-refractivity contribution < 1.29 is 19.7 Å². The normalized spacial score (nSPS) is 29.9. The molecule has 3 atom stereocenters. The van der Waals surface area contributed by atoms with Gasteiger partial charge in [0.1, 0.15) is 0 Å². The third-order valence-electron chi connectivity index (χ3n) is 6.08. The van der Waals surface area contributed by atoms with Gasteiger partial charge in [-0.15, -0.1) is 0 Å². The monoisotopic (exact) mass is 366 g/mol. The Labute approximate surface area is 159 Å².